The fraction of sp³-hybridized carbons (Fsp3) is 0.455. The molecule has 0 aliphatic heterocycles. The summed E-state index contributed by atoms with van der Waals surface area (Å²) < 4.78 is 19.1. The molecular formula is C11H14BrFO2. The van der Waals surface area contributed by atoms with Crippen molar-refractivity contribution in [1.82, 2.24) is 0 Å². The van der Waals surface area contributed by atoms with Crippen LogP contribution in [0.25, 0.3) is 0 Å². The molecule has 0 spiro atoms. The van der Waals surface area contributed by atoms with Crippen molar-refractivity contribution >= 4 is 15.9 Å². The molecular weight excluding hydrogens is 263 g/mol. The Morgan fingerprint density at radius 3 is 2.60 bits per heavy atom. The van der Waals surface area contributed by atoms with Crippen LogP contribution in [0.1, 0.15) is 25.5 Å². The van der Waals surface area contributed by atoms with Crippen LogP contribution >= 0.6 is 15.9 Å². The Bertz CT molecular complexity index is 352. The van der Waals surface area contributed by atoms with Crippen LogP contribution in [0.3, 0.4) is 0 Å². The van der Waals surface area contributed by atoms with Crippen molar-refractivity contribution < 1.29 is 14.2 Å². The van der Waals surface area contributed by atoms with Gasteiger partial charge in [-0.1, -0.05) is 12.1 Å². The summed E-state index contributed by atoms with van der Waals surface area (Å²) in [6, 6.07) is 4.81. The highest BCUT2D eigenvalue weighted by Gasteiger charge is 2.31. The van der Waals surface area contributed by atoms with E-state index in [4.69, 9.17) is 4.74 Å². The SMILES string of the molecule is COC(C)(C)C(O)c1cccc(Br)c1F. The number of halogens is 2. The minimum atomic E-state index is -1.00. The second-order valence-electron chi connectivity index (χ2n) is 3.85. The smallest absolute Gasteiger partial charge is 0.143 e. The number of hydrogen-bond acceptors (Lipinski definition) is 2. The fourth-order valence-corrected chi connectivity index (χ4v) is 1.60. The van der Waals surface area contributed by atoms with E-state index in [1.807, 2.05) is 0 Å². The number of aliphatic hydroxyl groups excluding tert-OH is 1. The molecule has 0 aliphatic rings. The lowest BCUT2D eigenvalue weighted by atomic mass is 9.94. The summed E-state index contributed by atoms with van der Waals surface area (Å²) in [4.78, 5) is 0. The Balaban J connectivity index is 3.12. The van der Waals surface area contributed by atoms with Crippen LogP contribution in [-0.4, -0.2) is 17.8 Å². The van der Waals surface area contributed by atoms with Gasteiger partial charge >= 0.3 is 0 Å². The maximum atomic E-state index is 13.7. The average molecular weight is 277 g/mol. The van der Waals surface area contributed by atoms with Gasteiger partial charge < -0.3 is 9.84 Å². The van der Waals surface area contributed by atoms with Crippen LogP contribution in [0, 0.1) is 5.82 Å². The van der Waals surface area contributed by atoms with Gasteiger partial charge in [-0.05, 0) is 35.8 Å². The van der Waals surface area contributed by atoms with Crippen LogP contribution in [0.2, 0.25) is 0 Å². The first-order chi connectivity index (χ1) is 6.90. The molecule has 15 heavy (non-hydrogen) atoms. The number of benzene rings is 1. The van der Waals surface area contributed by atoms with Gasteiger partial charge in [0, 0.05) is 12.7 Å². The minimum Gasteiger partial charge on any atom is -0.385 e. The van der Waals surface area contributed by atoms with E-state index in [1.165, 1.54) is 7.11 Å². The first-order valence-corrected chi connectivity index (χ1v) is 5.36. The van der Waals surface area contributed by atoms with Gasteiger partial charge in [-0.2, -0.15) is 0 Å². The second-order valence-corrected chi connectivity index (χ2v) is 4.71. The van der Waals surface area contributed by atoms with Gasteiger partial charge in [0.25, 0.3) is 0 Å². The molecule has 1 atom stereocenters. The summed E-state index contributed by atoms with van der Waals surface area (Å²) in [5.74, 6) is -0.449. The zero-order valence-electron chi connectivity index (χ0n) is 8.92. The van der Waals surface area contributed by atoms with Gasteiger partial charge in [0.15, 0.2) is 0 Å². The molecule has 0 radical (unpaired) electrons. The lowest BCUT2D eigenvalue weighted by Crippen LogP contribution is -2.32. The van der Waals surface area contributed by atoms with Crippen LogP contribution in [0.15, 0.2) is 22.7 Å². The predicted molar refractivity (Wildman–Crippen MR) is 60.1 cm³/mol. The van der Waals surface area contributed by atoms with Crippen molar-refractivity contribution in [3.63, 3.8) is 0 Å². The Morgan fingerprint density at radius 1 is 1.47 bits per heavy atom. The van der Waals surface area contributed by atoms with Crippen molar-refractivity contribution in [2.75, 3.05) is 7.11 Å². The highest BCUT2D eigenvalue weighted by molar-refractivity contribution is 9.10. The van der Waals surface area contributed by atoms with E-state index < -0.39 is 17.5 Å². The molecule has 84 valence electrons. The van der Waals surface area contributed by atoms with Crippen LogP contribution in [-0.2, 0) is 4.74 Å². The third-order valence-corrected chi connectivity index (χ3v) is 3.07. The minimum absolute atomic E-state index is 0.233. The first-order valence-electron chi connectivity index (χ1n) is 4.57. The summed E-state index contributed by atoms with van der Waals surface area (Å²) in [7, 11) is 1.49. The Morgan fingerprint density at radius 2 is 2.07 bits per heavy atom. The summed E-state index contributed by atoms with van der Waals surface area (Å²) in [6.07, 6.45) is -1.00. The lowest BCUT2D eigenvalue weighted by molar-refractivity contribution is -0.0806. The molecule has 0 bridgehead atoms. The van der Waals surface area contributed by atoms with E-state index in [9.17, 15) is 9.50 Å². The molecule has 1 aromatic carbocycles. The van der Waals surface area contributed by atoms with Crippen molar-refractivity contribution in [1.29, 1.82) is 0 Å². The highest BCUT2D eigenvalue weighted by atomic mass is 79.9. The number of hydrogen-bond donors (Lipinski definition) is 1. The topological polar surface area (TPSA) is 29.5 Å². The Kier molecular flexibility index (Phi) is 3.87. The molecule has 0 amide bonds. The Labute approximate surface area is 97.2 Å². The van der Waals surface area contributed by atoms with E-state index in [0.29, 0.717) is 4.47 Å². The van der Waals surface area contributed by atoms with E-state index in [2.05, 4.69) is 15.9 Å². The summed E-state index contributed by atoms with van der Waals surface area (Å²) in [5.41, 5.74) is -0.585. The van der Waals surface area contributed by atoms with Gasteiger partial charge in [-0.3, -0.25) is 0 Å². The zero-order valence-corrected chi connectivity index (χ0v) is 10.5. The van der Waals surface area contributed by atoms with Gasteiger partial charge in [-0.25, -0.2) is 4.39 Å². The monoisotopic (exact) mass is 276 g/mol. The highest BCUT2D eigenvalue weighted by Crippen LogP contribution is 2.32. The molecule has 0 aliphatic carbocycles. The van der Waals surface area contributed by atoms with Crippen molar-refractivity contribution in [3.8, 4) is 0 Å². The number of ether oxygens (including phenoxy) is 1. The number of aliphatic hydroxyl groups is 1. The molecule has 4 heteroatoms. The molecule has 2 nitrogen and oxygen atoms in total. The van der Waals surface area contributed by atoms with Gasteiger partial charge in [0.2, 0.25) is 0 Å². The molecule has 1 N–H and O–H groups in total. The predicted octanol–water partition coefficient (Wildman–Crippen LogP) is 3.05. The van der Waals surface area contributed by atoms with E-state index in [0.717, 1.165) is 0 Å². The molecule has 1 aromatic rings. The molecule has 0 heterocycles. The largest absolute Gasteiger partial charge is 0.385 e. The average Bonchev–Trinajstić information content (AvgIpc) is 2.21. The third-order valence-electron chi connectivity index (χ3n) is 2.46. The van der Waals surface area contributed by atoms with Gasteiger partial charge in [0.05, 0.1) is 10.1 Å². The van der Waals surface area contributed by atoms with E-state index in [-0.39, 0.29) is 5.56 Å². The lowest BCUT2D eigenvalue weighted by Gasteiger charge is -2.29. The standard InChI is InChI=1S/C11H14BrFO2/c1-11(2,15-3)10(14)7-5-4-6-8(12)9(7)13/h4-6,10,14H,1-3H3. The summed E-state index contributed by atoms with van der Waals surface area (Å²) in [6.45, 7) is 3.41. The Hall–Kier alpha value is -0.450. The normalized spacial score (nSPS) is 14.0. The molecule has 1 unspecified atom stereocenters. The summed E-state index contributed by atoms with van der Waals surface area (Å²) >= 11 is 3.08. The maximum Gasteiger partial charge on any atom is 0.143 e. The fourth-order valence-electron chi connectivity index (χ4n) is 1.22. The second kappa shape index (κ2) is 4.60. The molecule has 0 saturated heterocycles. The quantitative estimate of drug-likeness (QED) is 0.920. The van der Waals surface area contributed by atoms with E-state index in [1.54, 1.807) is 32.0 Å². The molecule has 0 fully saturated rings. The van der Waals surface area contributed by atoms with Crippen molar-refractivity contribution in [3.05, 3.63) is 34.1 Å². The molecule has 0 saturated carbocycles. The van der Waals surface area contributed by atoms with Gasteiger partial charge in [0.1, 0.15) is 11.9 Å². The van der Waals surface area contributed by atoms with Crippen LogP contribution in [0.5, 0.6) is 0 Å². The van der Waals surface area contributed by atoms with Gasteiger partial charge in [-0.15, -0.1) is 0 Å². The molecule has 1 rings (SSSR count). The number of rotatable bonds is 3. The van der Waals surface area contributed by atoms with Crippen molar-refractivity contribution in [2.45, 2.75) is 25.6 Å². The molecule has 0 aromatic heterocycles. The number of methoxy groups -OCH3 is 1. The van der Waals surface area contributed by atoms with Crippen LogP contribution in [0.4, 0.5) is 4.39 Å². The zero-order chi connectivity index (χ0) is 11.6. The van der Waals surface area contributed by atoms with Crippen molar-refractivity contribution in [2.24, 2.45) is 0 Å². The maximum absolute atomic E-state index is 13.7. The van der Waals surface area contributed by atoms with E-state index >= 15 is 0 Å². The third kappa shape index (κ3) is 2.56. The van der Waals surface area contributed by atoms with Crippen LogP contribution < -0.4 is 0 Å². The first kappa shape index (κ1) is 12.6. The summed E-state index contributed by atoms with van der Waals surface area (Å²) in [5, 5.41) is 9.97.